The number of carboxylic acid groups (broad SMARTS) is 1. The van der Waals surface area contributed by atoms with Gasteiger partial charge in [0.25, 0.3) is 0 Å². The van der Waals surface area contributed by atoms with Crippen LogP contribution in [0.15, 0.2) is 18.2 Å². The van der Waals surface area contributed by atoms with Gasteiger partial charge in [0.1, 0.15) is 18.1 Å². The Balaban J connectivity index is 1.71. The van der Waals surface area contributed by atoms with E-state index < -0.39 is 11.4 Å². The highest BCUT2D eigenvalue weighted by atomic mass is 16.5. The first kappa shape index (κ1) is 15.6. The molecule has 3 rings (SSSR count). The van der Waals surface area contributed by atoms with E-state index in [2.05, 4.69) is 0 Å². The number of amides is 1. The second kappa shape index (κ2) is 5.76. The Morgan fingerprint density at radius 3 is 2.87 bits per heavy atom. The number of methoxy groups -OCH3 is 1. The smallest absolute Gasteiger partial charge is 0.311 e. The zero-order chi connectivity index (χ0) is 16.6. The fourth-order valence-corrected chi connectivity index (χ4v) is 3.24. The molecule has 2 heterocycles. The fraction of sp³-hybridized carbons (Fsp3) is 0.529. The third-order valence-electron chi connectivity index (χ3n) is 4.82. The monoisotopic (exact) mass is 319 g/mol. The third kappa shape index (κ3) is 2.85. The summed E-state index contributed by atoms with van der Waals surface area (Å²) in [5.74, 6) is 0.378. The number of ether oxygens (including phenoxy) is 2. The lowest BCUT2D eigenvalue weighted by atomic mass is 9.90. The molecule has 6 heteroatoms. The van der Waals surface area contributed by atoms with Gasteiger partial charge in [-0.3, -0.25) is 9.59 Å². The highest BCUT2D eigenvalue weighted by Crippen LogP contribution is 2.34. The van der Waals surface area contributed by atoms with Crippen LogP contribution in [0.5, 0.6) is 11.5 Å². The molecular weight excluding hydrogens is 298 g/mol. The second-order valence-electron chi connectivity index (χ2n) is 6.56. The average Bonchev–Trinajstić information content (AvgIpc) is 2.97. The number of aliphatic carboxylic acids is 1. The van der Waals surface area contributed by atoms with E-state index in [0.29, 0.717) is 26.0 Å². The van der Waals surface area contributed by atoms with E-state index in [-0.39, 0.29) is 18.4 Å². The molecule has 2 atom stereocenters. The van der Waals surface area contributed by atoms with Gasteiger partial charge in [0, 0.05) is 13.1 Å². The van der Waals surface area contributed by atoms with Crippen molar-refractivity contribution in [3.05, 3.63) is 23.8 Å². The number of carbonyl (C=O) groups is 2. The summed E-state index contributed by atoms with van der Waals surface area (Å²) >= 11 is 0. The van der Waals surface area contributed by atoms with Gasteiger partial charge in [0.15, 0.2) is 0 Å². The van der Waals surface area contributed by atoms with Crippen molar-refractivity contribution < 1.29 is 24.2 Å². The van der Waals surface area contributed by atoms with Crippen molar-refractivity contribution in [2.45, 2.75) is 19.8 Å². The van der Waals surface area contributed by atoms with E-state index in [0.717, 1.165) is 17.1 Å². The van der Waals surface area contributed by atoms with Gasteiger partial charge in [-0.1, -0.05) is 0 Å². The normalized spacial score (nSPS) is 26.3. The topological polar surface area (TPSA) is 76.1 Å². The summed E-state index contributed by atoms with van der Waals surface area (Å²) in [5.41, 5.74) is 0.112. The van der Waals surface area contributed by atoms with Gasteiger partial charge in [0.2, 0.25) is 5.91 Å². The molecule has 0 aromatic heterocycles. The molecule has 1 N–H and O–H groups in total. The molecule has 0 bridgehead atoms. The minimum atomic E-state index is -0.845. The van der Waals surface area contributed by atoms with Crippen molar-refractivity contribution in [1.82, 2.24) is 4.90 Å². The molecule has 124 valence electrons. The predicted octanol–water partition coefficient (Wildman–Crippen LogP) is 1.57. The van der Waals surface area contributed by atoms with E-state index in [1.165, 1.54) is 0 Å². The van der Waals surface area contributed by atoms with Crippen LogP contribution < -0.4 is 9.47 Å². The number of nitrogens with zero attached hydrogens (tertiary/aromatic N) is 1. The Labute approximate surface area is 135 Å². The number of carboxylic acids is 1. The van der Waals surface area contributed by atoms with Crippen LogP contribution in [-0.4, -0.2) is 48.7 Å². The number of hydrogen-bond acceptors (Lipinski definition) is 4. The molecule has 1 fully saturated rings. The molecule has 1 saturated heterocycles. The van der Waals surface area contributed by atoms with Crippen molar-refractivity contribution in [2.24, 2.45) is 11.3 Å². The van der Waals surface area contributed by atoms with Crippen molar-refractivity contribution >= 4 is 11.9 Å². The first-order valence-corrected chi connectivity index (χ1v) is 7.75. The summed E-state index contributed by atoms with van der Waals surface area (Å²) in [7, 11) is 1.60. The van der Waals surface area contributed by atoms with E-state index in [1.54, 1.807) is 18.9 Å². The fourth-order valence-electron chi connectivity index (χ4n) is 3.24. The second-order valence-corrected chi connectivity index (χ2v) is 6.56. The zero-order valence-electron chi connectivity index (χ0n) is 13.4. The Morgan fingerprint density at radius 1 is 1.43 bits per heavy atom. The van der Waals surface area contributed by atoms with E-state index in [9.17, 15) is 14.7 Å². The zero-order valence-corrected chi connectivity index (χ0v) is 13.4. The van der Waals surface area contributed by atoms with Gasteiger partial charge in [-0.25, -0.2) is 0 Å². The summed E-state index contributed by atoms with van der Waals surface area (Å²) < 4.78 is 10.9. The summed E-state index contributed by atoms with van der Waals surface area (Å²) in [6.45, 7) is 2.78. The number of fused-ring (bicyclic) bond motifs is 1. The first-order chi connectivity index (χ1) is 10.9. The highest BCUT2D eigenvalue weighted by Gasteiger charge is 2.43. The number of carbonyl (C=O) groups excluding carboxylic acids is 1. The number of likely N-dealkylation sites (tertiary alicyclic amines) is 1. The third-order valence-corrected chi connectivity index (χ3v) is 4.82. The van der Waals surface area contributed by atoms with Crippen LogP contribution in [0.1, 0.15) is 18.9 Å². The van der Waals surface area contributed by atoms with Gasteiger partial charge in [-0.05, 0) is 43.5 Å². The van der Waals surface area contributed by atoms with Crippen LogP contribution in [0.2, 0.25) is 0 Å². The SMILES string of the molecule is COc1ccc2c(c1)CC(C(=O)N1CCC(C)(C(=O)O)C1)CO2. The molecule has 2 aliphatic heterocycles. The van der Waals surface area contributed by atoms with E-state index in [4.69, 9.17) is 9.47 Å². The van der Waals surface area contributed by atoms with Crippen LogP contribution in [0.25, 0.3) is 0 Å². The van der Waals surface area contributed by atoms with Gasteiger partial charge in [-0.15, -0.1) is 0 Å². The molecule has 2 unspecified atom stereocenters. The van der Waals surface area contributed by atoms with Gasteiger partial charge < -0.3 is 19.5 Å². The minimum absolute atomic E-state index is 0.0246. The summed E-state index contributed by atoms with van der Waals surface area (Å²) in [5, 5.41) is 9.29. The molecule has 23 heavy (non-hydrogen) atoms. The molecule has 1 aromatic rings. The van der Waals surface area contributed by atoms with Crippen LogP contribution in [0, 0.1) is 11.3 Å². The number of hydrogen-bond donors (Lipinski definition) is 1. The maximum absolute atomic E-state index is 12.7. The predicted molar refractivity (Wildman–Crippen MR) is 82.6 cm³/mol. The van der Waals surface area contributed by atoms with Crippen LogP contribution in [0.3, 0.4) is 0 Å². The lowest BCUT2D eigenvalue weighted by molar-refractivity contribution is -0.147. The lowest BCUT2D eigenvalue weighted by Crippen LogP contribution is -2.41. The molecule has 0 saturated carbocycles. The molecule has 0 aliphatic carbocycles. The van der Waals surface area contributed by atoms with Crippen molar-refractivity contribution in [2.75, 3.05) is 26.8 Å². The molecule has 1 aromatic carbocycles. The Hall–Kier alpha value is -2.24. The maximum Gasteiger partial charge on any atom is 0.311 e. The highest BCUT2D eigenvalue weighted by molar-refractivity contribution is 5.82. The Morgan fingerprint density at radius 2 is 2.22 bits per heavy atom. The van der Waals surface area contributed by atoms with Crippen LogP contribution >= 0.6 is 0 Å². The van der Waals surface area contributed by atoms with E-state index >= 15 is 0 Å². The van der Waals surface area contributed by atoms with Gasteiger partial charge in [-0.2, -0.15) is 0 Å². The van der Waals surface area contributed by atoms with Crippen LogP contribution in [-0.2, 0) is 16.0 Å². The van der Waals surface area contributed by atoms with Gasteiger partial charge >= 0.3 is 5.97 Å². The molecule has 1 amide bonds. The Bertz CT molecular complexity index is 644. The quantitative estimate of drug-likeness (QED) is 0.915. The molecule has 6 nitrogen and oxygen atoms in total. The first-order valence-electron chi connectivity index (χ1n) is 7.75. The number of benzene rings is 1. The van der Waals surface area contributed by atoms with Crippen molar-refractivity contribution in [3.8, 4) is 11.5 Å². The molecular formula is C17H21NO5. The summed E-state index contributed by atoms with van der Waals surface area (Å²) in [6.07, 6.45) is 1.08. The number of rotatable bonds is 3. The standard InChI is InChI=1S/C17H21NO5/c1-17(16(20)21)5-6-18(10-17)15(19)12-7-11-8-13(22-2)3-4-14(11)23-9-12/h3-4,8,12H,5-7,9-10H2,1-2H3,(H,20,21). The minimum Gasteiger partial charge on any atom is -0.497 e. The summed E-state index contributed by atoms with van der Waals surface area (Å²) in [6, 6.07) is 5.58. The molecule has 0 spiro atoms. The molecule has 2 aliphatic rings. The van der Waals surface area contributed by atoms with Crippen molar-refractivity contribution in [3.63, 3.8) is 0 Å². The Kier molecular flexibility index (Phi) is 3.92. The van der Waals surface area contributed by atoms with E-state index in [1.807, 2.05) is 18.2 Å². The summed E-state index contributed by atoms with van der Waals surface area (Å²) in [4.78, 5) is 25.7. The average molecular weight is 319 g/mol. The maximum atomic E-state index is 12.7. The largest absolute Gasteiger partial charge is 0.497 e. The van der Waals surface area contributed by atoms with Gasteiger partial charge in [0.05, 0.1) is 18.4 Å². The van der Waals surface area contributed by atoms with Crippen LogP contribution in [0.4, 0.5) is 0 Å². The lowest BCUT2D eigenvalue weighted by Gasteiger charge is -2.29. The molecule has 0 radical (unpaired) electrons. The van der Waals surface area contributed by atoms with Crippen molar-refractivity contribution in [1.29, 1.82) is 0 Å².